The Bertz CT molecular complexity index is 472. The predicted octanol–water partition coefficient (Wildman–Crippen LogP) is 2.34. The Morgan fingerprint density at radius 3 is 2.63 bits per heavy atom. The van der Waals surface area contributed by atoms with Gasteiger partial charge in [-0.1, -0.05) is 0 Å². The molecule has 1 N–H and O–H groups in total. The van der Waals surface area contributed by atoms with E-state index < -0.39 is 29.4 Å². The third-order valence-corrected chi connectivity index (χ3v) is 3.99. The minimum absolute atomic E-state index is 0.236. The van der Waals surface area contributed by atoms with Crippen LogP contribution in [0.5, 0.6) is 0 Å². The molecule has 2 aliphatic rings. The minimum Gasteiger partial charge on any atom is -0.392 e. The van der Waals surface area contributed by atoms with Crippen molar-refractivity contribution in [2.45, 2.75) is 37.1 Å². The van der Waals surface area contributed by atoms with Crippen molar-refractivity contribution in [3.05, 3.63) is 35.4 Å². The van der Waals surface area contributed by atoms with Gasteiger partial charge in [0.2, 0.25) is 0 Å². The van der Waals surface area contributed by atoms with Gasteiger partial charge in [0, 0.05) is 18.8 Å². The van der Waals surface area contributed by atoms with Crippen LogP contribution in [-0.2, 0) is 9.47 Å². The third kappa shape index (κ3) is 2.38. The zero-order valence-electron chi connectivity index (χ0n) is 10.4. The Balaban J connectivity index is 1.81. The van der Waals surface area contributed by atoms with Crippen molar-refractivity contribution >= 4 is 0 Å². The quantitative estimate of drug-likeness (QED) is 0.851. The summed E-state index contributed by atoms with van der Waals surface area (Å²) in [4.78, 5) is 0. The molecule has 1 aliphatic carbocycles. The molecule has 0 radical (unpaired) electrons. The molecule has 1 aliphatic heterocycles. The van der Waals surface area contributed by atoms with E-state index in [-0.39, 0.29) is 5.56 Å². The van der Waals surface area contributed by atoms with E-state index in [0.717, 1.165) is 18.2 Å². The van der Waals surface area contributed by atoms with Gasteiger partial charge in [-0.15, -0.1) is 0 Å². The van der Waals surface area contributed by atoms with Gasteiger partial charge < -0.3 is 14.6 Å². The molecule has 104 valence electrons. The highest BCUT2D eigenvalue weighted by Gasteiger charge is 2.45. The summed E-state index contributed by atoms with van der Waals surface area (Å²) in [6.07, 6.45) is 0.614. The molecule has 1 spiro atoms. The number of hydrogen-bond donors (Lipinski definition) is 1. The zero-order valence-corrected chi connectivity index (χ0v) is 10.4. The second kappa shape index (κ2) is 4.81. The fourth-order valence-corrected chi connectivity index (χ4v) is 3.05. The number of ether oxygens (including phenoxy) is 2. The van der Waals surface area contributed by atoms with Crippen LogP contribution in [0.25, 0.3) is 0 Å². The molecule has 0 amide bonds. The van der Waals surface area contributed by atoms with E-state index in [9.17, 15) is 13.9 Å². The normalized spacial score (nSPS) is 29.8. The third-order valence-electron chi connectivity index (χ3n) is 3.99. The smallest absolute Gasteiger partial charge is 0.171 e. The molecular weight excluding hydrogens is 254 g/mol. The Morgan fingerprint density at radius 2 is 1.95 bits per heavy atom. The van der Waals surface area contributed by atoms with Gasteiger partial charge in [0.25, 0.3) is 0 Å². The first kappa shape index (κ1) is 13.0. The molecule has 1 heterocycles. The predicted molar refractivity (Wildman–Crippen MR) is 63.6 cm³/mol. The van der Waals surface area contributed by atoms with Crippen LogP contribution in [0.1, 0.15) is 30.7 Å². The van der Waals surface area contributed by atoms with Gasteiger partial charge in [-0.2, -0.15) is 0 Å². The number of aliphatic hydroxyl groups excluding tert-OH is 1. The van der Waals surface area contributed by atoms with Crippen LogP contribution in [0.4, 0.5) is 8.78 Å². The summed E-state index contributed by atoms with van der Waals surface area (Å²) in [6.45, 7) is 1.04. The number of hydrogen-bond acceptors (Lipinski definition) is 3. The van der Waals surface area contributed by atoms with Gasteiger partial charge in [-0.25, -0.2) is 8.78 Å². The molecule has 0 aromatic heterocycles. The monoisotopic (exact) mass is 270 g/mol. The van der Waals surface area contributed by atoms with Crippen molar-refractivity contribution in [2.24, 2.45) is 0 Å². The molecule has 2 fully saturated rings. The van der Waals surface area contributed by atoms with Gasteiger partial charge >= 0.3 is 0 Å². The topological polar surface area (TPSA) is 38.7 Å². The SMILES string of the molecule is O[C@@H]1CC2(CC[C@@H]1c1cc(F)ccc1F)OCCO2. The first-order valence-electron chi connectivity index (χ1n) is 6.51. The molecule has 3 nitrogen and oxygen atoms in total. The molecule has 1 saturated carbocycles. The number of aliphatic hydroxyl groups is 1. The van der Waals surface area contributed by atoms with Crippen LogP contribution in [0.3, 0.4) is 0 Å². The van der Waals surface area contributed by atoms with E-state index in [0.29, 0.717) is 32.5 Å². The summed E-state index contributed by atoms with van der Waals surface area (Å²) >= 11 is 0. The second-order valence-electron chi connectivity index (χ2n) is 5.19. The van der Waals surface area contributed by atoms with Crippen LogP contribution in [0.15, 0.2) is 18.2 Å². The molecular formula is C14H16F2O3. The molecule has 0 unspecified atom stereocenters. The lowest BCUT2D eigenvalue weighted by molar-refractivity contribution is -0.199. The Kier molecular flexibility index (Phi) is 3.28. The molecule has 0 bridgehead atoms. The summed E-state index contributed by atoms with van der Waals surface area (Å²) in [5, 5.41) is 10.2. The summed E-state index contributed by atoms with van der Waals surface area (Å²) in [5.74, 6) is -2.10. The van der Waals surface area contributed by atoms with Crippen LogP contribution >= 0.6 is 0 Å². The Hall–Kier alpha value is -1.04. The number of rotatable bonds is 1. The fourth-order valence-electron chi connectivity index (χ4n) is 3.05. The summed E-state index contributed by atoms with van der Waals surface area (Å²) < 4.78 is 38.1. The van der Waals surface area contributed by atoms with Crippen molar-refractivity contribution in [1.29, 1.82) is 0 Å². The molecule has 1 saturated heterocycles. The van der Waals surface area contributed by atoms with Crippen molar-refractivity contribution in [1.82, 2.24) is 0 Å². The maximum Gasteiger partial charge on any atom is 0.171 e. The first-order chi connectivity index (χ1) is 9.10. The van der Waals surface area contributed by atoms with Crippen molar-refractivity contribution in [2.75, 3.05) is 13.2 Å². The zero-order chi connectivity index (χ0) is 13.5. The lowest BCUT2D eigenvalue weighted by atomic mass is 9.78. The Labute approximate surface area is 110 Å². The Morgan fingerprint density at radius 1 is 1.21 bits per heavy atom. The van der Waals surface area contributed by atoms with E-state index in [4.69, 9.17) is 9.47 Å². The van der Waals surface area contributed by atoms with E-state index >= 15 is 0 Å². The highest BCUT2D eigenvalue weighted by atomic mass is 19.1. The highest BCUT2D eigenvalue weighted by Crippen LogP contribution is 2.43. The lowest BCUT2D eigenvalue weighted by Crippen LogP contribution is -2.42. The van der Waals surface area contributed by atoms with Crippen molar-refractivity contribution < 1.29 is 23.4 Å². The van der Waals surface area contributed by atoms with Gasteiger partial charge in [-0.3, -0.25) is 0 Å². The highest BCUT2D eigenvalue weighted by molar-refractivity contribution is 5.25. The summed E-state index contributed by atoms with van der Waals surface area (Å²) in [5.41, 5.74) is 0.236. The van der Waals surface area contributed by atoms with Gasteiger partial charge in [-0.05, 0) is 30.2 Å². The summed E-state index contributed by atoms with van der Waals surface area (Å²) in [6, 6.07) is 3.35. The standard InChI is InChI=1S/C14H16F2O3/c15-9-1-2-12(16)11(7-9)10-3-4-14(8-13(10)17)18-5-6-19-14/h1-2,7,10,13,17H,3-6,8H2/t10-,13-/m1/s1. The molecule has 2 atom stereocenters. The van der Waals surface area contributed by atoms with Crippen LogP contribution in [0.2, 0.25) is 0 Å². The van der Waals surface area contributed by atoms with E-state index in [2.05, 4.69) is 0 Å². The number of benzene rings is 1. The fraction of sp³-hybridized carbons (Fsp3) is 0.571. The van der Waals surface area contributed by atoms with Crippen LogP contribution in [-0.4, -0.2) is 30.2 Å². The molecule has 1 aromatic rings. The average molecular weight is 270 g/mol. The second-order valence-corrected chi connectivity index (χ2v) is 5.19. The number of halogens is 2. The van der Waals surface area contributed by atoms with Crippen LogP contribution < -0.4 is 0 Å². The van der Waals surface area contributed by atoms with Crippen molar-refractivity contribution in [3.63, 3.8) is 0 Å². The van der Waals surface area contributed by atoms with Gasteiger partial charge in [0.05, 0.1) is 19.3 Å². The molecule has 5 heteroatoms. The van der Waals surface area contributed by atoms with Gasteiger partial charge in [0.1, 0.15) is 11.6 Å². The largest absolute Gasteiger partial charge is 0.392 e. The minimum atomic E-state index is -0.789. The maximum atomic E-state index is 13.8. The summed E-state index contributed by atoms with van der Waals surface area (Å²) in [7, 11) is 0. The van der Waals surface area contributed by atoms with Crippen LogP contribution in [0, 0.1) is 11.6 Å². The van der Waals surface area contributed by atoms with E-state index in [1.54, 1.807) is 0 Å². The first-order valence-corrected chi connectivity index (χ1v) is 6.51. The molecule has 1 aromatic carbocycles. The lowest BCUT2D eigenvalue weighted by Gasteiger charge is -2.39. The molecule has 19 heavy (non-hydrogen) atoms. The average Bonchev–Trinajstić information content (AvgIpc) is 2.81. The van der Waals surface area contributed by atoms with Crippen molar-refractivity contribution in [3.8, 4) is 0 Å². The maximum absolute atomic E-state index is 13.8. The van der Waals surface area contributed by atoms with E-state index in [1.807, 2.05) is 0 Å². The molecule has 3 rings (SSSR count). The van der Waals surface area contributed by atoms with Gasteiger partial charge in [0.15, 0.2) is 5.79 Å². The van der Waals surface area contributed by atoms with E-state index in [1.165, 1.54) is 0 Å².